The first kappa shape index (κ1) is 17.5. The standard InChI is InChI=1S/C17H20F2N4O2/c1-25-10-15-20-17(22-21-15)14-4-2-3-7-23(14)16(24)9-11-8-12(18)5-6-13(11)19/h5-6,8,14H,2-4,7,9-10H2,1H3,(H,20,21,22)/t14-/m0/s1. The molecule has 1 aromatic carbocycles. The summed E-state index contributed by atoms with van der Waals surface area (Å²) < 4.78 is 32.2. The summed E-state index contributed by atoms with van der Waals surface area (Å²) in [5.74, 6) is -0.278. The average Bonchev–Trinajstić information content (AvgIpc) is 3.07. The van der Waals surface area contributed by atoms with E-state index in [1.165, 1.54) is 0 Å². The first-order valence-electron chi connectivity index (χ1n) is 8.22. The van der Waals surface area contributed by atoms with Gasteiger partial charge in [0.05, 0.1) is 12.5 Å². The van der Waals surface area contributed by atoms with Crippen LogP contribution >= 0.6 is 0 Å². The van der Waals surface area contributed by atoms with Crippen LogP contribution in [0.3, 0.4) is 0 Å². The van der Waals surface area contributed by atoms with Crippen molar-refractivity contribution < 1.29 is 18.3 Å². The van der Waals surface area contributed by atoms with Crippen LogP contribution in [0.5, 0.6) is 0 Å². The number of carbonyl (C=O) groups excluding carboxylic acids is 1. The summed E-state index contributed by atoms with van der Waals surface area (Å²) in [6.07, 6.45) is 2.37. The van der Waals surface area contributed by atoms with Gasteiger partial charge in [0.1, 0.15) is 18.2 Å². The summed E-state index contributed by atoms with van der Waals surface area (Å²) in [4.78, 5) is 18.7. The molecule has 0 saturated carbocycles. The predicted octanol–water partition coefficient (Wildman–Crippen LogP) is 2.53. The quantitative estimate of drug-likeness (QED) is 0.899. The topological polar surface area (TPSA) is 71.1 Å². The lowest BCUT2D eigenvalue weighted by Gasteiger charge is -2.34. The lowest BCUT2D eigenvalue weighted by molar-refractivity contribution is -0.134. The molecular weight excluding hydrogens is 330 g/mol. The minimum absolute atomic E-state index is 0.0596. The van der Waals surface area contributed by atoms with Crippen LogP contribution in [-0.4, -0.2) is 39.6 Å². The number of aromatic amines is 1. The van der Waals surface area contributed by atoms with Crippen molar-refractivity contribution in [1.29, 1.82) is 0 Å². The molecule has 1 amide bonds. The number of rotatable bonds is 5. The maximum absolute atomic E-state index is 13.8. The van der Waals surface area contributed by atoms with Gasteiger partial charge in [0.15, 0.2) is 11.6 Å². The number of halogens is 2. The van der Waals surface area contributed by atoms with Gasteiger partial charge < -0.3 is 9.64 Å². The van der Waals surface area contributed by atoms with Gasteiger partial charge in [-0.25, -0.2) is 13.8 Å². The van der Waals surface area contributed by atoms with E-state index in [-0.39, 0.29) is 23.9 Å². The fourth-order valence-electron chi connectivity index (χ4n) is 3.10. The third-order valence-electron chi connectivity index (χ3n) is 4.30. The van der Waals surface area contributed by atoms with Crippen LogP contribution in [0, 0.1) is 11.6 Å². The van der Waals surface area contributed by atoms with Crippen LogP contribution in [-0.2, 0) is 22.6 Å². The van der Waals surface area contributed by atoms with Gasteiger partial charge in [-0.15, -0.1) is 0 Å². The summed E-state index contributed by atoms with van der Waals surface area (Å²) in [6.45, 7) is 0.858. The van der Waals surface area contributed by atoms with Crippen molar-refractivity contribution in [3.05, 3.63) is 47.0 Å². The highest BCUT2D eigenvalue weighted by molar-refractivity contribution is 5.79. The van der Waals surface area contributed by atoms with Gasteiger partial charge in [-0.05, 0) is 37.5 Å². The van der Waals surface area contributed by atoms with Crippen LogP contribution < -0.4 is 0 Å². The number of hydrogen-bond acceptors (Lipinski definition) is 4. The predicted molar refractivity (Wildman–Crippen MR) is 85.5 cm³/mol. The molecule has 0 radical (unpaired) electrons. The molecule has 1 N–H and O–H groups in total. The van der Waals surface area contributed by atoms with E-state index in [0.29, 0.717) is 24.8 Å². The number of nitrogens with one attached hydrogen (secondary N) is 1. The normalized spacial score (nSPS) is 17.7. The summed E-state index contributed by atoms with van der Waals surface area (Å²) in [6, 6.07) is 2.88. The molecule has 2 aromatic rings. The van der Waals surface area contributed by atoms with Gasteiger partial charge >= 0.3 is 0 Å². The van der Waals surface area contributed by atoms with Crippen molar-refractivity contribution in [2.45, 2.75) is 38.3 Å². The number of piperidine rings is 1. The maximum atomic E-state index is 13.8. The monoisotopic (exact) mass is 350 g/mol. The molecule has 1 fully saturated rings. The lowest BCUT2D eigenvalue weighted by Crippen LogP contribution is -2.40. The number of aromatic nitrogens is 3. The van der Waals surface area contributed by atoms with E-state index in [1.807, 2.05) is 0 Å². The van der Waals surface area contributed by atoms with Crippen molar-refractivity contribution >= 4 is 5.91 Å². The zero-order chi connectivity index (χ0) is 17.8. The van der Waals surface area contributed by atoms with Crippen LogP contribution in [0.15, 0.2) is 18.2 Å². The van der Waals surface area contributed by atoms with Gasteiger partial charge in [-0.1, -0.05) is 0 Å². The molecule has 0 bridgehead atoms. The number of H-pyrrole nitrogens is 1. The molecule has 0 spiro atoms. The van der Waals surface area contributed by atoms with E-state index in [4.69, 9.17) is 4.74 Å². The number of ether oxygens (including phenoxy) is 1. The summed E-state index contributed by atoms with van der Waals surface area (Å²) >= 11 is 0. The van der Waals surface area contributed by atoms with Gasteiger partial charge in [0, 0.05) is 19.2 Å². The highest BCUT2D eigenvalue weighted by atomic mass is 19.1. The molecular formula is C17H20F2N4O2. The molecule has 25 heavy (non-hydrogen) atoms. The molecule has 1 aliphatic heterocycles. The van der Waals surface area contributed by atoms with Crippen molar-refractivity contribution in [3.63, 3.8) is 0 Å². The number of methoxy groups -OCH3 is 1. The Hall–Kier alpha value is -2.35. The van der Waals surface area contributed by atoms with Gasteiger partial charge in [0.2, 0.25) is 5.91 Å². The number of amides is 1. The number of likely N-dealkylation sites (tertiary alicyclic amines) is 1. The number of hydrogen-bond donors (Lipinski definition) is 1. The van der Waals surface area contributed by atoms with Crippen molar-refractivity contribution in [1.82, 2.24) is 20.1 Å². The highest BCUT2D eigenvalue weighted by Gasteiger charge is 2.31. The molecule has 0 unspecified atom stereocenters. The second-order valence-electron chi connectivity index (χ2n) is 6.08. The van der Waals surface area contributed by atoms with E-state index in [0.717, 1.165) is 37.5 Å². The Kier molecular flexibility index (Phi) is 5.37. The smallest absolute Gasteiger partial charge is 0.227 e. The van der Waals surface area contributed by atoms with Crippen LogP contribution in [0.4, 0.5) is 8.78 Å². The van der Waals surface area contributed by atoms with Gasteiger partial charge in [-0.2, -0.15) is 5.10 Å². The summed E-state index contributed by atoms with van der Waals surface area (Å²) in [7, 11) is 1.56. The van der Waals surface area contributed by atoms with E-state index in [2.05, 4.69) is 15.2 Å². The maximum Gasteiger partial charge on any atom is 0.227 e. The Morgan fingerprint density at radius 2 is 2.24 bits per heavy atom. The molecule has 1 aliphatic rings. The van der Waals surface area contributed by atoms with Crippen LogP contribution in [0.25, 0.3) is 0 Å². The average molecular weight is 350 g/mol. The Morgan fingerprint density at radius 3 is 3.04 bits per heavy atom. The number of carbonyl (C=O) groups is 1. The highest BCUT2D eigenvalue weighted by Crippen LogP contribution is 2.29. The lowest BCUT2D eigenvalue weighted by atomic mass is 10.00. The van der Waals surface area contributed by atoms with Crippen molar-refractivity contribution in [2.24, 2.45) is 0 Å². The molecule has 8 heteroatoms. The van der Waals surface area contributed by atoms with E-state index in [1.54, 1.807) is 12.0 Å². The number of benzene rings is 1. The van der Waals surface area contributed by atoms with Gasteiger partial charge in [0.25, 0.3) is 0 Å². The molecule has 6 nitrogen and oxygen atoms in total. The molecule has 134 valence electrons. The van der Waals surface area contributed by atoms with Crippen LogP contribution in [0.2, 0.25) is 0 Å². The van der Waals surface area contributed by atoms with E-state index in [9.17, 15) is 13.6 Å². The second-order valence-corrected chi connectivity index (χ2v) is 6.08. The van der Waals surface area contributed by atoms with Crippen LogP contribution in [0.1, 0.15) is 42.5 Å². The molecule has 1 saturated heterocycles. The Balaban J connectivity index is 1.77. The van der Waals surface area contributed by atoms with Gasteiger partial charge in [-0.3, -0.25) is 9.89 Å². The second kappa shape index (κ2) is 7.69. The summed E-state index contributed by atoms with van der Waals surface area (Å²) in [5, 5.41) is 6.98. The minimum Gasteiger partial charge on any atom is -0.377 e. The molecule has 3 rings (SSSR count). The fourth-order valence-corrected chi connectivity index (χ4v) is 3.10. The molecule has 2 heterocycles. The molecule has 0 aliphatic carbocycles. The molecule has 1 aromatic heterocycles. The zero-order valence-electron chi connectivity index (χ0n) is 14.0. The summed E-state index contributed by atoms with van der Waals surface area (Å²) in [5.41, 5.74) is 0.0596. The Morgan fingerprint density at radius 1 is 1.40 bits per heavy atom. The zero-order valence-corrected chi connectivity index (χ0v) is 14.0. The fraction of sp³-hybridized carbons (Fsp3) is 0.471. The Labute approximate surface area is 144 Å². The van der Waals surface area contributed by atoms with E-state index >= 15 is 0 Å². The molecule has 1 atom stereocenters. The third-order valence-corrected chi connectivity index (χ3v) is 4.30. The first-order valence-corrected chi connectivity index (χ1v) is 8.22. The Bertz CT molecular complexity index is 750. The first-order chi connectivity index (χ1) is 12.1. The van der Waals surface area contributed by atoms with Crippen molar-refractivity contribution in [2.75, 3.05) is 13.7 Å². The SMILES string of the molecule is COCc1nc([C@@H]2CCCCN2C(=O)Cc2cc(F)ccc2F)n[nH]1. The van der Waals surface area contributed by atoms with Crippen molar-refractivity contribution in [3.8, 4) is 0 Å². The van der Waals surface area contributed by atoms with E-state index < -0.39 is 11.6 Å². The minimum atomic E-state index is -0.580. The number of nitrogens with zero attached hydrogens (tertiary/aromatic N) is 3. The third kappa shape index (κ3) is 4.01. The largest absolute Gasteiger partial charge is 0.377 e.